The van der Waals surface area contributed by atoms with Crippen LogP contribution in [0.5, 0.6) is 0 Å². The Balaban J connectivity index is 1.42. The van der Waals surface area contributed by atoms with Gasteiger partial charge in [-0.25, -0.2) is 4.39 Å². The summed E-state index contributed by atoms with van der Waals surface area (Å²) in [4.78, 5) is 32.3. The lowest BCUT2D eigenvalue weighted by Crippen LogP contribution is -2.45. The number of H-pyrrole nitrogens is 1. The average Bonchev–Trinajstić information content (AvgIpc) is 3.39. The number of fused-ring (bicyclic) bond motifs is 1. The van der Waals surface area contributed by atoms with Crippen LogP contribution in [0.3, 0.4) is 0 Å². The van der Waals surface area contributed by atoms with Crippen LogP contribution in [0.1, 0.15) is 21.5 Å². The molecule has 5 rings (SSSR count). The number of nitrogens with zero attached hydrogens (tertiary/aromatic N) is 1. The predicted molar refractivity (Wildman–Crippen MR) is 140 cm³/mol. The van der Waals surface area contributed by atoms with Crippen LogP contribution in [0.2, 0.25) is 0 Å². The lowest BCUT2D eigenvalue weighted by atomic mass is 9.96. The Labute approximate surface area is 209 Å². The zero-order valence-corrected chi connectivity index (χ0v) is 20.0. The molecule has 1 aromatic heterocycles. The van der Waals surface area contributed by atoms with Crippen molar-refractivity contribution in [2.75, 3.05) is 31.1 Å². The summed E-state index contributed by atoms with van der Waals surface area (Å²) in [5.74, 6) is -0.842. The topological polar surface area (TPSA) is 77.2 Å². The van der Waals surface area contributed by atoms with E-state index in [0.717, 1.165) is 48.3 Å². The number of aromatic nitrogens is 1. The maximum Gasteiger partial charge on any atom is 0.252 e. The van der Waals surface area contributed by atoms with Gasteiger partial charge in [0.05, 0.1) is 6.04 Å². The number of aromatic amines is 1. The first-order chi connectivity index (χ1) is 17.6. The van der Waals surface area contributed by atoms with Gasteiger partial charge in [0.2, 0.25) is 0 Å². The molecule has 184 valence electrons. The first kappa shape index (κ1) is 23.8. The fourth-order valence-corrected chi connectivity index (χ4v) is 4.84. The minimum Gasteiger partial charge on any atom is -0.369 e. The van der Waals surface area contributed by atoms with E-state index in [9.17, 15) is 14.0 Å². The summed E-state index contributed by atoms with van der Waals surface area (Å²) < 4.78 is 14.2. The van der Waals surface area contributed by atoms with E-state index < -0.39 is 6.04 Å². The second-order valence-corrected chi connectivity index (χ2v) is 9.11. The maximum atomic E-state index is 14.2. The third-order valence-electron chi connectivity index (χ3n) is 6.68. The third-order valence-corrected chi connectivity index (χ3v) is 6.68. The number of ketones is 1. The molecule has 1 atom stereocenters. The Kier molecular flexibility index (Phi) is 7.09. The smallest absolute Gasteiger partial charge is 0.252 e. The van der Waals surface area contributed by atoms with Gasteiger partial charge in [-0.05, 0) is 53.9 Å². The molecule has 1 amide bonds. The molecule has 1 unspecified atom stereocenters. The van der Waals surface area contributed by atoms with Gasteiger partial charge in [0.15, 0.2) is 5.78 Å². The molecule has 4 aromatic rings. The number of hydrogen-bond donors (Lipinski definition) is 3. The number of Topliss-reactive ketones (excluding diaryl/α,β-unsaturated/α-hetero) is 1. The van der Waals surface area contributed by atoms with E-state index in [4.69, 9.17) is 0 Å². The minimum atomic E-state index is -0.756. The molecule has 1 aliphatic heterocycles. The van der Waals surface area contributed by atoms with E-state index in [-0.39, 0.29) is 23.9 Å². The molecule has 1 aliphatic rings. The molecule has 7 heteroatoms. The van der Waals surface area contributed by atoms with Crippen LogP contribution in [-0.4, -0.2) is 48.9 Å². The fraction of sp³-hybridized carbons (Fsp3) is 0.241. The van der Waals surface area contributed by atoms with Gasteiger partial charge in [-0.3, -0.25) is 9.59 Å². The second kappa shape index (κ2) is 10.7. The molecule has 3 N–H and O–H groups in total. The number of amides is 1. The highest BCUT2D eigenvalue weighted by Gasteiger charge is 2.25. The highest BCUT2D eigenvalue weighted by Crippen LogP contribution is 2.24. The van der Waals surface area contributed by atoms with Crippen LogP contribution in [-0.2, 0) is 17.6 Å². The van der Waals surface area contributed by atoms with E-state index in [0.29, 0.717) is 17.5 Å². The highest BCUT2D eigenvalue weighted by atomic mass is 19.1. The van der Waals surface area contributed by atoms with Gasteiger partial charge >= 0.3 is 0 Å². The molecular weight excluding hydrogens is 455 g/mol. The maximum absolute atomic E-state index is 14.2. The summed E-state index contributed by atoms with van der Waals surface area (Å²) in [5, 5.41) is 7.09. The normalized spacial score (nSPS) is 14.5. The van der Waals surface area contributed by atoms with Gasteiger partial charge < -0.3 is 20.5 Å². The van der Waals surface area contributed by atoms with E-state index >= 15 is 0 Å². The van der Waals surface area contributed by atoms with Crippen LogP contribution < -0.4 is 15.5 Å². The Bertz CT molecular complexity index is 1360. The zero-order chi connectivity index (χ0) is 24.9. The molecule has 0 aliphatic carbocycles. The Morgan fingerprint density at radius 1 is 0.972 bits per heavy atom. The van der Waals surface area contributed by atoms with Crippen molar-refractivity contribution in [1.82, 2.24) is 15.6 Å². The van der Waals surface area contributed by atoms with Gasteiger partial charge in [0.25, 0.3) is 5.91 Å². The van der Waals surface area contributed by atoms with E-state index in [1.165, 1.54) is 12.1 Å². The number of rotatable bonds is 8. The van der Waals surface area contributed by atoms with Gasteiger partial charge in [-0.1, -0.05) is 36.4 Å². The van der Waals surface area contributed by atoms with Crippen molar-refractivity contribution in [3.63, 3.8) is 0 Å². The molecule has 0 bridgehead atoms. The molecule has 6 nitrogen and oxygen atoms in total. The predicted octanol–water partition coefficient (Wildman–Crippen LogP) is 3.87. The summed E-state index contributed by atoms with van der Waals surface area (Å²) in [6.07, 6.45) is 2.17. The molecule has 2 heterocycles. The van der Waals surface area contributed by atoms with Gasteiger partial charge in [-0.2, -0.15) is 0 Å². The van der Waals surface area contributed by atoms with E-state index in [2.05, 4.69) is 20.5 Å². The highest BCUT2D eigenvalue weighted by molar-refractivity contribution is 6.07. The monoisotopic (exact) mass is 484 g/mol. The van der Waals surface area contributed by atoms with Crippen molar-refractivity contribution in [2.24, 2.45) is 0 Å². The minimum absolute atomic E-state index is 0.0309. The van der Waals surface area contributed by atoms with Gasteiger partial charge in [-0.15, -0.1) is 0 Å². The van der Waals surface area contributed by atoms with Crippen LogP contribution in [0.4, 0.5) is 10.1 Å². The number of benzene rings is 3. The number of nitrogens with one attached hydrogen (secondary N) is 3. The van der Waals surface area contributed by atoms with Crippen LogP contribution >= 0.6 is 0 Å². The van der Waals surface area contributed by atoms with Crippen molar-refractivity contribution in [2.45, 2.75) is 18.9 Å². The summed E-state index contributed by atoms with van der Waals surface area (Å²) in [5.41, 5.74) is 3.81. The number of carbonyl (C=O) groups excluding carboxylic acids is 2. The molecule has 0 radical (unpaired) electrons. The largest absolute Gasteiger partial charge is 0.369 e. The average molecular weight is 485 g/mol. The van der Waals surface area contributed by atoms with Gasteiger partial charge in [0, 0.05) is 61.0 Å². The molecule has 36 heavy (non-hydrogen) atoms. The quantitative estimate of drug-likeness (QED) is 0.355. The first-order valence-electron chi connectivity index (χ1n) is 12.3. The van der Waals surface area contributed by atoms with Crippen molar-refractivity contribution in [1.29, 1.82) is 0 Å². The molecular formula is C29H29FN4O2. The van der Waals surface area contributed by atoms with Crippen LogP contribution in [0.15, 0.2) is 79.0 Å². The summed E-state index contributed by atoms with van der Waals surface area (Å²) in [6, 6.07) is 20.8. The van der Waals surface area contributed by atoms with Crippen LogP contribution in [0.25, 0.3) is 10.9 Å². The number of anilines is 1. The van der Waals surface area contributed by atoms with Crippen molar-refractivity contribution in [3.05, 3.63) is 102 Å². The number of carbonyl (C=O) groups is 2. The summed E-state index contributed by atoms with van der Waals surface area (Å²) >= 11 is 0. The first-order valence-corrected chi connectivity index (χ1v) is 12.3. The van der Waals surface area contributed by atoms with E-state index in [1.54, 1.807) is 18.3 Å². The third kappa shape index (κ3) is 5.31. The Morgan fingerprint density at radius 3 is 2.58 bits per heavy atom. The molecule has 0 saturated carbocycles. The molecule has 0 spiro atoms. The van der Waals surface area contributed by atoms with Gasteiger partial charge in [0.1, 0.15) is 5.82 Å². The van der Waals surface area contributed by atoms with Crippen molar-refractivity contribution < 1.29 is 14.0 Å². The van der Waals surface area contributed by atoms with E-state index in [1.807, 2.05) is 48.5 Å². The van der Waals surface area contributed by atoms with Crippen LogP contribution in [0, 0.1) is 5.82 Å². The Morgan fingerprint density at radius 2 is 1.78 bits per heavy atom. The SMILES string of the molecule is O=C(NC(Cc1ccccc1)C(=O)Cc1cc(F)ccc1N1CCNCC1)c1cccc2[nH]ccc12. The van der Waals surface area contributed by atoms with Crippen molar-refractivity contribution in [3.8, 4) is 0 Å². The number of hydrogen-bond acceptors (Lipinski definition) is 4. The zero-order valence-electron chi connectivity index (χ0n) is 20.0. The van der Waals surface area contributed by atoms with Crippen molar-refractivity contribution >= 4 is 28.3 Å². The standard InChI is InChI=1S/C29H29FN4O2/c30-22-9-10-27(34-15-13-31-14-16-34)21(18-22)19-28(35)26(17-20-5-2-1-3-6-20)33-29(36)24-7-4-8-25-23(24)11-12-32-25/h1-12,18,26,31-32H,13-17,19H2,(H,33,36). The summed E-state index contributed by atoms with van der Waals surface area (Å²) in [6.45, 7) is 3.25. The lowest BCUT2D eigenvalue weighted by Gasteiger charge is -2.31. The fourth-order valence-electron chi connectivity index (χ4n) is 4.84. The number of halogens is 1. The second-order valence-electron chi connectivity index (χ2n) is 9.11. The molecule has 1 saturated heterocycles. The molecule has 1 fully saturated rings. The Hall–Kier alpha value is -3.97. The molecule has 3 aromatic carbocycles. The summed E-state index contributed by atoms with van der Waals surface area (Å²) in [7, 11) is 0. The lowest BCUT2D eigenvalue weighted by molar-refractivity contribution is -0.120. The number of piperazine rings is 1.